The maximum atomic E-state index is 5.26. The Kier molecular flexibility index (Phi) is 5.13. The van der Waals surface area contributed by atoms with Crippen LogP contribution >= 0.6 is 12.2 Å². The Labute approximate surface area is 146 Å². The minimum Gasteiger partial charge on any atom is -0.331 e. The molecule has 0 saturated carbocycles. The Morgan fingerprint density at radius 2 is 1.92 bits per heavy atom. The van der Waals surface area contributed by atoms with Crippen molar-refractivity contribution in [3.05, 3.63) is 71.9 Å². The average molecular weight is 334 g/mol. The van der Waals surface area contributed by atoms with E-state index >= 15 is 0 Å². The summed E-state index contributed by atoms with van der Waals surface area (Å²) in [5.74, 6) is 0. The van der Waals surface area contributed by atoms with Crippen LogP contribution in [0.2, 0.25) is 0 Å². The highest BCUT2D eigenvalue weighted by Crippen LogP contribution is 2.14. The SMILES string of the molecule is CCc1ccc(NC(=S)N/N=C\c2ccnc3ccccc23)cc1. The molecule has 1 heterocycles. The summed E-state index contributed by atoms with van der Waals surface area (Å²) in [7, 11) is 0. The summed E-state index contributed by atoms with van der Waals surface area (Å²) in [6, 6.07) is 18.1. The van der Waals surface area contributed by atoms with Gasteiger partial charge in [-0.3, -0.25) is 10.4 Å². The monoisotopic (exact) mass is 334 g/mol. The highest BCUT2D eigenvalue weighted by atomic mass is 32.1. The van der Waals surface area contributed by atoms with E-state index < -0.39 is 0 Å². The van der Waals surface area contributed by atoms with Gasteiger partial charge in [-0.1, -0.05) is 37.3 Å². The van der Waals surface area contributed by atoms with Crippen LogP contribution in [0, 0.1) is 0 Å². The van der Waals surface area contributed by atoms with E-state index in [4.69, 9.17) is 12.2 Å². The van der Waals surface area contributed by atoms with Crippen LogP contribution in [-0.4, -0.2) is 16.3 Å². The number of hydrogen-bond donors (Lipinski definition) is 2. The zero-order valence-electron chi connectivity index (χ0n) is 13.4. The smallest absolute Gasteiger partial charge is 0.191 e. The van der Waals surface area contributed by atoms with Crippen molar-refractivity contribution in [2.24, 2.45) is 5.10 Å². The molecule has 24 heavy (non-hydrogen) atoms. The van der Waals surface area contributed by atoms with Crippen LogP contribution in [0.4, 0.5) is 5.69 Å². The van der Waals surface area contributed by atoms with Crippen LogP contribution in [0.25, 0.3) is 10.9 Å². The summed E-state index contributed by atoms with van der Waals surface area (Å²) in [6.45, 7) is 2.13. The summed E-state index contributed by atoms with van der Waals surface area (Å²) in [5, 5.41) is 8.83. The first kappa shape index (κ1) is 16.1. The van der Waals surface area contributed by atoms with Gasteiger partial charge in [-0.05, 0) is 48.5 Å². The number of thiocarbonyl (C=S) groups is 1. The molecule has 0 aliphatic rings. The molecule has 0 aliphatic carbocycles. The molecule has 3 rings (SSSR count). The molecule has 1 aromatic heterocycles. The van der Waals surface area contributed by atoms with Crippen LogP contribution in [0.5, 0.6) is 0 Å². The molecule has 0 radical (unpaired) electrons. The van der Waals surface area contributed by atoms with Crippen LogP contribution in [0.15, 0.2) is 65.9 Å². The maximum absolute atomic E-state index is 5.26. The van der Waals surface area contributed by atoms with Crippen molar-refractivity contribution in [3.8, 4) is 0 Å². The van der Waals surface area contributed by atoms with E-state index in [9.17, 15) is 0 Å². The Morgan fingerprint density at radius 3 is 2.71 bits per heavy atom. The minimum absolute atomic E-state index is 0.453. The van der Waals surface area contributed by atoms with Crippen molar-refractivity contribution in [3.63, 3.8) is 0 Å². The summed E-state index contributed by atoms with van der Waals surface area (Å²) < 4.78 is 0. The second kappa shape index (κ2) is 7.66. The molecule has 0 saturated heterocycles. The van der Waals surface area contributed by atoms with Gasteiger partial charge in [0.1, 0.15) is 0 Å². The van der Waals surface area contributed by atoms with Crippen LogP contribution in [-0.2, 0) is 6.42 Å². The third-order valence-electron chi connectivity index (χ3n) is 3.67. The first-order valence-corrected chi connectivity index (χ1v) is 8.20. The number of hydrazone groups is 1. The van der Waals surface area contributed by atoms with Gasteiger partial charge in [0, 0.05) is 22.8 Å². The Morgan fingerprint density at radius 1 is 1.12 bits per heavy atom. The summed E-state index contributed by atoms with van der Waals surface area (Å²) in [5.41, 5.74) is 7.01. The van der Waals surface area contributed by atoms with E-state index in [-0.39, 0.29) is 0 Å². The van der Waals surface area contributed by atoms with Gasteiger partial charge < -0.3 is 5.32 Å². The predicted octanol–water partition coefficient (Wildman–Crippen LogP) is 4.12. The molecule has 0 aliphatic heterocycles. The van der Waals surface area contributed by atoms with Crippen molar-refractivity contribution in [1.29, 1.82) is 0 Å². The number of aromatic nitrogens is 1. The van der Waals surface area contributed by atoms with Gasteiger partial charge in [0.15, 0.2) is 5.11 Å². The van der Waals surface area contributed by atoms with Crippen molar-refractivity contribution < 1.29 is 0 Å². The second-order valence-electron chi connectivity index (χ2n) is 5.29. The van der Waals surface area contributed by atoms with E-state index in [1.165, 1.54) is 5.56 Å². The maximum Gasteiger partial charge on any atom is 0.191 e. The zero-order chi connectivity index (χ0) is 16.8. The van der Waals surface area contributed by atoms with E-state index in [0.717, 1.165) is 28.6 Å². The van der Waals surface area contributed by atoms with E-state index in [1.54, 1.807) is 12.4 Å². The van der Waals surface area contributed by atoms with Gasteiger partial charge in [-0.2, -0.15) is 5.10 Å². The Balaban J connectivity index is 1.63. The summed E-state index contributed by atoms with van der Waals surface area (Å²) in [4.78, 5) is 4.33. The third kappa shape index (κ3) is 3.94. The van der Waals surface area contributed by atoms with Crippen LogP contribution in [0.3, 0.4) is 0 Å². The van der Waals surface area contributed by atoms with E-state index in [2.05, 4.69) is 39.9 Å². The van der Waals surface area contributed by atoms with E-state index in [0.29, 0.717) is 5.11 Å². The normalized spacial score (nSPS) is 10.9. The molecule has 5 heteroatoms. The molecule has 2 aromatic carbocycles. The summed E-state index contributed by atoms with van der Waals surface area (Å²) in [6.07, 6.45) is 4.54. The topological polar surface area (TPSA) is 49.3 Å². The van der Waals surface area contributed by atoms with Crippen molar-refractivity contribution in [2.75, 3.05) is 5.32 Å². The number of para-hydroxylation sites is 1. The molecule has 0 bridgehead atoms. The molecule has 2 N–H and O–H groups in total. The number of fused-ring (bicyclic) bond motifs is 1. The molecular formula is C19H18N4S. The molecule has 0 unspecified atom stereocenters. The molecule has 0 amide bonds. The van der Waals surface area contributed by atoms with Gasteiger partial charge in [0.05, 0.1) is 11.7 Å². The van der Waals surface area contributed by atoms with Gasteiger partial charge in [-0.15, -0.1) is 0 Å². The van der Waals surface area contributed by atoms with Gasteiger partial charge in [0.25, 0.3) is 0 Å². The predicted molar refractivity (Wildman–Crippen MR) is 105 cm³/mol. The lowest BCUT2D eigenvalue weighted by Gasteiger charge is -2.07. The van der Waals surface area contributed by atoms with Crippen LogP contribution in [0.1, 0.15) is 18.1 Å². The standard InChI is InChI=1S/C19H18N4S/c1-2-14-7-9-16(10-8-14)22-19(24)23-21-13-15-11-12-20-18-6-4-3-5-17(15)18/h3-13H,2H2,1H3,(H2,22,23,24)/b21-13-. The Hall–Kier alpha value is -2.79. The lowest BCUT2D eigenvalue weighted by Crippen LogP contribution is -2.23. The molecule has 3 aromatic rings. The molecule has 0 atom stereocenters. The van der Waals surface area contributed by atoms with Gasteiger partial charge >= 0.3 is 0 Å². The number of anilines is 1. The number of rotatable bonds is 4. The van der Waals surface area contributed by atoms with Crippen molar-refractivity contribution >= 4 is 40.1 Å². The van der Waals surface area contributed by atoms with Crippen molar-refractivity contribution in [2.45, 2.75) is 13.3 Å². The number of benzene rings is 2. The molecular weight excluding hydrogens is 316 g/mol. The van der Waals surface area contributed by atoms with Gasteiger partial charge in [-0.25, -0.2) is 0 Å². The quantitative estimate of drug-likeness (QED) is 0.428. The minimum atomic E-state index is 0.453. The molecule has 0 spiro atoms. The largest absolute Gasteiger partial charge is 0.331 e. The fourth-order valence-electron chi connectivity index (χ4n) is 2.37. The number of aryl methyl sites for hydroxylation is 1. The molecule has 4 nitrogen and oxygen atoms in total. The lowest BCUT2D eigenvalue weighted by molar-refractivity contribution is 1.05. The number of nitrogens with zero attached hydrogens (tertiary/aromatic N) is 2. The fraction of sp³-hybridized carbons (Fsp3) is 0.105. The molecule has 0 fully saturated rings. The first-order valence-electron chi connectivity index (χ1n) is 7.79. The van der Waals surface area contributed by atoms with Crippen molar-refractivity contribution in [1.82, 2.24) is 10.4 Å². The highest BCUT2D eigenvalue weighted by Gasteiger charge is 1.99. The van der Waals surface area contributed by atoms with E-state index in [1.807, 2.05) is 42.5 Å². The third-order valence-corrected chi connectivity index (χ3v) is 3.87. The first-order chi connectivity index (χ1) is 11.8. The number of hydrogen-bond acceptors (Lipinski definition) is 3. The molecule has 120 valence electrons. The second-order valence-corrected chi connectivity index (χ2v) is 5.70. The lowest BCUT2D eigenvalue weighted by atomic mass is 10.1. The highest BCUT2D eigenvalue weighted by molar-refractivity contribution is 7.80. The van der Waals surface area contributed by atoms with Crippen LogP contribution < -0.4 is 10.7 Å². The fourth-order valence-corrected chi connectivity index (χ4v) is 2.54. The van der Waals surface area contributed by atoms with Gasteiger partial charge in [0.2, 0.25) is 0 Å². The Bertz CT molecular complexity index is 867. The zero-order valence-corrected chi connectivity index (χ0v) is 14.2. The average Bonchev–Trinajstić information content (AvgIpc) is 2.62. The summed E-state index contributed by atoms with van der Waals surface area (Å²) >= 11 is 5.26. The number of pyridine rings is 1. The number of nitrogens with one attached hydrogen (secondary N) is 2.